The summed E-state index contributed by atoms with van der Waals surface area (Å²) in [5, 5.41) is 3.63. The molecule has 1 heterocycles. The molecule has 88 valence electrons. The number of unbranched alkanes of at least 4 members (excludes halogenated alkanes) is 1. The number of piperazine rings is 1. The standard InChI is InChI=1S/C13H26N2/c1-4-7-8-9-15-11-12(5-2)14-10-13(15)6-3/h4,12-14H,1,5-11H2,2-3H3. The summed E-state index contributed by atoms with van der Waals surface area (Å²) in [6.07, 6.45) is 6.94. The van der Waals surface area contributed by atoms with Crippen LogP contribution in [-0.4, -0.2) is 36.6 Å². The number of hydrogen-bond donors (Lipinski definition) is 1. The van der Waals surface area contributed by atoms with E-state index in [0.717, 1.165) is 12.5 Å². The van der Waals surface area contributed by atoms with Crippen LogP contribution in [0.2, 0.25) is 0 Å². The molecule has 2 heteroatoms. The molecule has 0 bridgehead atoms. The van der Waals surface area contributed by atoms with Crippen molar-refractivity contribution in [1.82, 2.24) is 10.2 Å². The van der Waals surface area contributed by atoms with Crippen LogP contribution in [0.5, 0.6) is 0 Å². The lowest BCUT2D eigenvalue weighted by atomic mass is 10.0. The van der Waals surface area contributed by atoms with Crippen molar-refractivity contribution in [3.05, 3.63) is 12.7 Å². The van der Waals surface area contributed by atoms with E-state index in [0.29, 0.717) is 6.04 Å². The van der Waals surface area contributed by atoms with Gasteiger partial charge in [-0.2, -0.15) is 0 Å². The molecule has 1 aliphatic rings. The third kappa shape index (κ3) is 3.96. The van der Waals surface area contributed by atoms with E-state index in [4.69, 9.17) is 0 Å². The Morgan fingerprint density at radius 2 is 2.20 bits per heavy atom. The van der Waals surface area contributed by atoms with E-state index >= 15 is 0 Å². The minimum atomic E-state index is 0.705. The maximum absolute atomic E-state index is 3.78. The van der Waals surface area contributed by atoms with Crippen LogP contribution in [0.4, 0.5) is 0 Å². The van der Waals surface area contributed by atoms with Gasteiger partial charge in [0.15, 0.2) is 0 Å². The monoisotopic (exact) mass is 210 g/mol. The van der Waals surface area contributed by atoms with Gasteiger partial charge >= 0.3 is 0 Å². The molecule has 0 radical (unpaired) electrons. The van der Waals surface area contributed by atoms with E-state index in [1.165, 1.54) is 38.9 Å². The molecule has 1 rings (SSSR count). The molecule has 15 heavy (non-hydrogen) atoms. The number of hydrogen-bond acceptors (Lipinski definition) is 2. The van der Waals surface area contributed by atoms with E-state index < -0.39 is 0 Å². The maximum atomic E-state index is 3.78. The van der Waals surface area contributed by atoms with E-state index in [1.54, 1.807) is 0 Å². The Kier molecular flexibility index (Phi) is 5.96. The van der Waals surface area contributed by atoms with Gasteiger partial charge in [-0.1, -0.05) is 19.9 Å². The molecule has 0 aliphatic carbocycles. The van der Waals surface area contributed by atoms with E-state index in [9.17, 15) is 0 Å². The highest BCUT2D eigenvalue weighted by atomic mass is 15.2. The number of nitrogens with zero attached hydrogens (tertiary/aromatic N) is 1. The molecular weight excluding hydrogens is 184 g/mol. The summed E-state index contributed by atoms with van der Waals surface area (Å²) in [5.41, 5.74) is 0. The van der Waals surface area contributed by atoms with Crippen molar-refractivity contribution in [2.75, 3.05) is 19.6 Å². The Morgan fingerprint density at radius 3 is 2.80 bits per heavy atom. The fraction of sp³-hybridized carbons (Fsp3) is 0.846. The highest BCUT2D eigenvalue weighted by molar-refractivity contribution is 4.85. The maximum Gasteiger partial charge on any atom is 0.0218 e. The zero-order valence-electron chi connectivity index (χ0n) is 10.3. The quantitative estimate of drug-likeness (QED) is 0.535. The average Bonchev–Trinajstić information content (AvgIpc) is 2.29. The summed E-state index contributed by atoms with van der Waals surface area (Å²) in [6, 6.07) is 1.45. The molecule has 1 aliphatic heterocycles. The second-order valence-corrected chi connectivity index (χ2v) is 4.50. The topological polar surface area (TPSA) is 15.3 Å². The molecule has 2 unspecified atom stereocenters. The zero-order chi connectivity index (χ0) is 11.1. The third-order valence-corrected chi connectivity index (χ3v) is 3.43. The Hall–Kier alpha value is -0.340. The van der Waals surface area contributed by atoms with Crippen LogP contribution < -0.4 is 5.32 Å². The first kappa shape index (κ1) is 12.7. The van der Waals surface area contributed by atoms with Crippen molar-refractivity contribution >= 4 is 0 Å². The van der Waals surface area contributed by atoms with Crippen molar-refractivity contribution in [3.8, 4) is 0 Å². The number of rotatable bonds is 6. The summed E-state index contributed by atoms with van der Waals surface area (Å²) in [7, 11) is 0. The number of nitrogens with one attached hydrogen (secondary N) is 1. The summed E-state index contributed by atoms with van der Waals surface area (Å²) < 4.78 is 0. The van der Waals surface area contributed by atoms with Crippen LogP contribution in [0, 0.1) is 0 Å². The van der Waals surface area contributed by atoms with Gasteiger partial charge in [-0.3, -0.25) is 4.90 Å². The summed E-state index contributed by atoms with van der Waals surface area (Å²) >= 11 is 0. The van der Waals surface area contributed by atoms with E-state index in [2.05, 4.69) is 30.6 Å². The van der Waals surface area contributed by atoms with Gasteiger partial charge in [0, 0.05) is 25.2 Å². The summed E-state index contributed by atoms with van der Waals surface area (Å²) in [4.78, 5) is 2.66. The number of allylic oxidation sites excluding steroid dienone is 1. The van der Waals surface area contributed by atoms with Gasteiger partial charge in [-0.25, -0.2) is 0 Å². The molecule has 2 atom stereocenters. The van der Waals surface area contributed by atoms with Gasteiger partial charge in [0.1, 0.15) is 0 Å². The molecule has 0 spiro atoms. The van der Waals surface area contributed by atoms with Gasteiger partial charge in [0.25, 0.3) is 0 Å². The van der Waals surface area contributed by atoms with Crippen molar-refractivity contribution in [3.63, 3.8) is 0 Å². The molecule has 0 aromatic carbocycles. The van der Waals surface area contributed by atoms with Crippen LogP contribution in [0.1, 0.15) is 39.5 Å². The van der Waals surface area contributed by atoms with Crippen molar-refractivity contribution in [1.29, 1.82) is 0 Å². The molecule has 2 nitrogen and oxygen atoms in total. The zero-order valence-corrected chi connectivity index (χ0v) is 10.3. The van der Waals surface area contributed by atoms with Crippen LogP contribution in [-0.2, 0) is 0 Å². The lowest BCUT2D eigenvalue weighted by Crippen LogP contribution is -2.56. The van der Waals surface area contributed by atoms with Crippen molar-refractivity contribution in [2.24, 2.45) is 0 Å². The molecule has 0 amide bonds. The van der Waals surface area contributed by atoms with Gasteiger partial charge in [-0.05, 0) is 32.2 Å². The highest BCUT2D eigenvalue weighted by Gasteiger charge is 2.24. The Bertz CT molecular complexity index is 179. The predicted molar refractivity (Wildman–Crippen MR) is 67.2 cm³/mol. The Morgan fingerprint density at radius 1 is 1.40 bits per heavy atom. The minimum absolute atomic E-state index is 0.705. The van der Waals surface area contributed by atoms with Gasteiger partial charge in [0.2, 0.25) is 0 Å². The lowest BCUT2D eigenvalue weighted by Gasteiger charge is -2.40. The smallest absolute Gasteiger partial charge is 0.0218 e. The largest absolute Gasteiger partial charge is 0.311 e. The van der Waals surface area contributed by atoms with Crippen LogP contribution in [0.3, 0.4) is 0 Å². The molecule has 1 fully saturated rings. The molecule has 0 saturated carbocycles. The van der Waals surface area contributed by atoms with Gasteiger partial charge < -0.3 is 5.32 Å². The lowest BCUT2D eigenvalue weighted by molar-refractivity contribution is 0.124. The fourth-order valence-corrected chi connectivity index (χ4v) is 2.32. The Labute approximate surface area is 94.7 Å². The van der Waals surface area contributed by atoms with E-state index in [-0.39, 0.29) is 0 Å². The molecule has 1 N–H and O–H groups in total. The molecule has 0 aromatic heterocycles. The third-order valence-electron chi connectivity index (χ3n) is 3.43. The van der Waals surface area contributed by atoms with Crippen molar-refractivity contribution in [2.45, 2.75) is 51.6 Å². The first-order chi connectivity index (χ1) is 7.31. The minimum Gasteiger partial charge on any atom is -0.311 e. The SMILES string of the molecule is C=CCCCN1CC(CC)NCC1CC. The molecule has 1 saturated heterocycles. The highest BCUT2D eigenvalue weighted by Crippen LogP contribution is 2.12. The Balaban J connectivity index is 2.36. The first-order valence-corrected chi connectivity index (χ1v) is 6.40. The molecular formula is C13H26N2. The van der Waals surface area contributed by atoms with Crippen molar-refractivity contribution < 1.29 is 0 Å². The first-order valence-electron chi connectivity index (χ1n) is 6.40. The summed E-state index contributed by atoms with van der Waals surface area (Å²) in [6.45, 7) is 12.0. The van der Waals surface area contributed by atoms with Gasteiger partial charge in [-0.15, -0.1) is 6.58 Å². The average molecular weight is 210 g/mol. The normalized spacial score (nSPS) is 27.9. The fourth-order valence-electron chi connectivity index (χ4n) is 2.32. The van der Waals surface area contributed by atoms with Crippen LogP contribution >= 0.6 is 0 Å². The van der Waals surface area contributed by atoms with Gasteiger partial charge in [0.05, 0.1) is 0 Å². The van der Waals surface area contributed by atoms with E-state index in [1.807, 2.05) is 6.08 Å². The van der Waals surface area contributed by atoms with Crippen LogP contribution in [0.25, 0.3) is 0 Å². The second kappa shape index (κ2) is 7.02. The van der Waals surface area contributed by atoms with Crippen LogP contribution in [0.15, 0.2) is 12.7 Å². The molecule has 0 aromatic rings. The summed E-state index contributed by atoms with van der Waals surface area (Å²) in [5.74, 6) is 0. The second-order valence-electron chi connectivity index (χ2n) is 4.50. The predicted octanol–water partition coefficient (Wildman–Crippen LogP) is 2.42.